The molecule has 39 heavy (non-hydrogen) atoms. The smallest absolute Gasteiger partial charge is 0.416 e. The Hall–Kier alpha value is -2.33. The third kappa shape index (κ3) is 7.66. The number of hydrogen-bond donors (Lipinski definition) is 1. The summed E-state index contributed by atoms with van der Waals surface area (Å²) in [5, 5.41) is 10.3. The maximum Gasteiger partial charge on any atom is 0.416 e. The highest BCUT2D eigenvalue weighted by molar-refractivity contribution is 7.15. The largest absolute Gasteiger partial charge is 0.479 e. The van der Waals surface area contributed by atoms with Crippen molar-refractivity contribution in [1.82, 2.24) is 4.98 Å². The summed E-state index contributed by atoms with van der Waals surface area (Å²) in [5.74, 6) is -0.820. The minimum absolute atomic E-state index is 0.0672. The topological polar surface area (TPSA) is 68.7 Å². The van der Waals surface area contributed by atoms with Gasteiger partial charge in [-0.1, -0.05) is 62.2 Å². The summed E-state index contributed by atoms with van der Waals surface area (Å²) in [7, 11) is 0. The number of thiazole rings is 1. The predicted octanol–water partition coefficient (Wildman–Crippen LogP) is 9.21. The molecule has 0 aliphatic carbocycles. The van der Waals surface area contributed by atoms with Gasteiger partial charge in [0.2, 0.25) is 0 Å². The van der Waals surface area contributed by atoms with Gasteiger partial charge < -0.3 is 14.6 Å². The Morgan fingerprint density at radius 1 is 1.08 bits per heavy atom. The Morgan fingerprint density at radius 2 is 1.74 bits per heavy atom. The van der Waals surface area contributed by atoms with Crippen LogP contribution in [0.15, 0.2) is 36.4 Å². The van der Waals surface area contributed by atoms with E-state index in [0.29, 0.717) is 30.0 Å². The molecule has 0 saturated carbocycles. The third-order valence-corrected chi connectivity index (χ3v) is 8.18. The first-order valence-electron chi connectivity index (χ1n) is 12.5. The van der Waals surface area contributed by atoms with Crippen molar-refractivity contribution in [2.75, 3.05) is 6.61 Å². The molecule has 0 aliphatic heterocycles. The number of ether oxygens (including phenoxy) is 2. The maximum absolute atomic E-state index is 13.0. The first-order chi connectivity index (χ1) is 18.4. The fraction of sp³-hybridized carbons (Fsp3) is 0.429. The first-order valence-corrected chi connectivity index (χ1v) is 14.1. The van der Waals surface area contributed by atoms with Crippen molar-refractivity contribution in [3.8, 4) is 16.3 Å². The second-order valence-electron chi connectivity index (χ2n) is 9.18. The third-order valence-electron chi connectivity index (χ3n) is 6.07. The molecule has 2 aromatic carbocycles. The molecule has 0 fully saturated rings. The number of hydrogen-bond acceptors (Lipinski definition) is 5. The molecule has 1 aromatic heterocycles. The molecule has 5 nitrogen and oxygen atoms in total. The van der Waals surface area contributed by atoms with Gasteiger partial charge in [0.25, 0.3) is 0 Å². The number of carboxylic acids is 1. The molecule has 3 rings (SSSR count). The molecule has 0 radical (unpaired) electrons. The van der Waals surface area contributed by atoms with Crippen LogP contribution >= 0.6 is 34.5 Å². The number of carboxylic acid groups (broad SMARTS) is 1. The predicted molar refractivity (Wildman–Crippen MR) is 148 cm³/mol. The molecule has 1 heterocycles. The number of alkyl halides is 3. The molecule has 0 saturated heterocycles. The van der Waals surface area contributed by atoms with Crippen LogP contribution in [0.1, 0.15) is 74.3 Å². The monoisotopic (exact) mass is 603 g/mol. The quantitative estimate of drug-likeness (QED) is 0.223. The van der Waals surface area contributed by atoms with Crippen LogP contribution < -0.4 is 4.74 Å². The highest BCUT2D eigenvalue weighted by Crippen LogP contribution is 2.41. The fourth-order valence-electron chi connectivity index (χ4n) is 4.01. The van der Waals surface area contributed by atoms with Crippen molar-refractivity contribution in [2.45, 2.75) is 71.3 Å². The van der Waals surface area contributed by atoms with Gasteiger partial charge in [0.05, 0.1) is 27.3 Å². The van der Waals surface area contributed by atoms with Gasteiger partial charge in [-0.2, -0.15) is 13.2 Å². The van der Waals surface area contributed by atoms with Gasteiger partial charge in [-0.3, -0.25) is 0 Å². The van der Waals surface area contributed by atoms with Crippen molar-refractivity contribution in [3.63, 3.8) is 0 Å². The highest BCUT2D eigenvalue weighted by atomic mass is 35.5. The van der Waals surface area contributed by atoms with E-state index in [1.807, 2.05) is 20.8 Å². The lowest BCUT2D eigenvalue weighted by Crippen LogP contribution is -2.26. The van der Waals surface area contributed by atoms with E-state index in [1.54, 1.807) is 19.1 Å². The number of aliphatic carboxylic acids is 1. The van der Waals surface area contributed by atoms with Gasteiger partial charge in [-0.05, 0) is 55.9 Å². The number of benzene rings is 2. The van der Waals surface area contributed by atoms with Crippen LogP contribution in [0.2, 0.25) is 10.0 Å². The minimum atomic E-state index is -4.40. The molecule has 3 aromatic rings. The second kappa shape index (κ2) is 13.4. The molecule has 1 N–H and O–H groups in total. The lowest BCUT2D eigenvalue weighted by Gasteiger charge is -2.19. The van der Waals surface area contributed by atoms with E-state index in [1.165, 1.54) is 23.5 Å². The lowest BCUT2D eigenvalue weighted by atomic mass is 10.0. The average Bonchev–Trinajstić information content (AvgIpc) is 3.33. The molecule has 2 atom stereocenters. The van der Waals surface area contributed by atoms with Crippen LogP contribution in [-0.4, -0.2) is 28.8 Å². The van der Waals surface area contributed by atoms with Crippen LogP contribution in [0.25, 0.3) is 10.6 Å². The number of aryl methyl sites for hydroxylation is 1. The number of nitrogens with zero attached hydrogens (tertiary/aromatic N) is 1. The Bertz CT molecular complexity index is 1280. The number of halogens is 5. The van der Waals surface area contributed by atoms with Crippen LogP contribution in [0.3, 0.4) is 0 Å². The summed E-state index contributed by atoms with van der Waals surface area (Å²) in [5.41, 5.74) is 1.48. The molecular formula is C28H30Cl2F3NO4S. The standard InChI is InChI=1S/C28H30Cl2F3NO4S/c1-5-19(27(35)36)38-20-13-9-16(22(29)23(20)30)10-14-21(37-6-2)25-24(15(3)4)34-26(39-25)17-7-11-18(12-8-17)28(31,32)33/h7-9,11-13,15,19,21H,5-6,10,14H2,1-4H3,(H,35,36). The summed E-state index contributed by atoms with van der Waals surface area (Å²) in [4.78, 5) is 17.0. The zero-order chi connectivity index (χ0) is 28.9. The van der Waals surface area contributed by atoms with Crippen molar-refractivity contribution in [2.24, 2.45) is 0 Å². The molecule has 11 heteroatoms. The Balaban J connectivity index is 1.86. The maximum atomic E-state index is 13.0. The Kier molecular flexibility index (Phi) is 10.7. The van der Waals surface area contributed by atoms with E-state index in [0.717, 1.165) is 28.3 Å². The Labute approximate surface area is 239 Å². The molecule has 2 unspecified atom stereocenters. The van der Waals surface area contributed by atoms with Crippen LogP contribution in [0, 0.1) is 0 Å². The molecule has 0 aliphatic rings. The summed E-state index contributed by atoms with van der Waals surface area (Å²) in [6, 6.07) is 8.35. The molecular weight excluding hydrogens is 574 g/mol. The summed E-state index contributed by atoms with van der Waals surface area (Å²) in [6.45, 7) is 8.06. The molecule has 212 valence electrons. The van der Waals surface area contributed by atoms with Crippen molar-refractivity contribution in [1.29, 1.82) is 0 Å². The summed E-state index contributed by atoms with van der Waals surface area (Å²) >= 11 is 14.4. The summed E-state index contributed by atoms with van der Waals surface area (Å²) in [6.07, 6.45) is -4.45. The van der Waals surface area contributed by atoms with Gasteiger partial charge in [-0.25, -0.2) is 9.78 Å². The van der Waals surface area contributed by atoms with E-state index in [2.05, 4.69) is 0 Å². The second-order valence-corrected chi connectivity index (χ2v) is 11.0. The van der Waals surface area contributed by atoms with Crippen LogP contribution in [-0.2, 0) is 22.1 Å². The molecule has 0 amide bonds. The number of carbonyl (C=O) groups is 1. The van der Waals surface area contributed by atoms with E-state index >= 15 is 0 Å². The van der Waals surface area contributed by atoms with Gasteiger partial charge in [0.15, 0.2) is 6.10 Å². The van der Waals surface area contributed by atoms with Crippen LogP contribution in [0.5, 0.6) is 5.75 Å². The van der Waals surface area contributed by atoms with Crippen molar-refractivity contribution in [3.05, 3.63) is 68.1 Å². The zero-order valence-corrected chi connectivity index (χ0v) is 24.3. The number of aromatic nitrogens is 1. The minimum Gasteiger partial charge on any atom is -0.479 e. The lowest BCUT2D eigenvalue weighted by molar-refractivity contribution is -0.145. The van der Waals surface area contributed by atoms with E-state index in [4.69, 9.17) is 37.7 Å². The van der Waals surface area contributed by atoms with Gasteiger partial charge >= 0.3 is 12.1 Å². The van der Waals surface area contributed by atoms with Crippen molar-refractivity contribution >= 4 is 40.5 Å². The van der Waals surface area contributed by atoms with E-state index < -0.39 is 23.8 Å². The van der Waals surface area contributed by atoms with E-state index in [9.17, 15) is 23.1 Å². The normalized spacial score (nSPS) is 13.5. The highest BCUT2D eigenvalue weighted by Gasteiger charge is 2.30. The summed E-state index contributed by atoms with van der Waals surface area (Å²) < 4.78 is 50.7. The number of rotatable bonds is 12. The SMILES string of the molecule is CCOC(CCc1ccc(OC(CC)C(=O)O)c(Cl)c1Cl)c1sc(-c2ccc(C(F)(F)F)cc2)nc1C(C)C. The van der Waals surface area contributed by atoms with Gasteiger partial charge in [0, 0.05) is 12.2 Å². The zero-order valence-electron chi connectivity index (χ0n) is 21.9. The Morgan fingerprint density at radius 3 is 2.28 bits per heavy atom. The van der Waals surface area contributed by atoms with Crippen LogP contribution in [0.4, 0.5) is 13.2 Å². The van der Waals surface area contributed by atoms with E-state index in [-0.39, 0.29) is 34.2 Å². The molecule has 0 spiro atoms. The van der Waals surface area contributed by atoms with Gasteiger partial charge in [-0.15, -0.1) is 11.3 Å². The average molecular weight is 605 g/mol. The van der Waals surface area contributed by atoms with Gasteiger partial charge in [0.1, 0.15) is 15.8 Å². The molecule has 0 bridgehead atoms. The van der Waals surface area contributed by atoms with Crippen molar-refractivity contribution < 1.29 is 32.5 Å². The fourth-order valence-corrected chi connectivity index (χ4v) is 5.80. The first kappa shape index (κ1) is 31.2.